The number of fused-ring (bicyclic) bond motifs is 1. The Hall–Kier alpha value is -3.59. The van der Waals surface area contributed by atoms with Crippen molar-refractivity contribution in [2.24, 2.45) is 5.92 Å². The molecule has 3 aromatic rings. The lowest BCUT2D eigenvalue weighted by atomic mass is 10.0. The molecule has 0 bridgehead atoms. The van der Waals surface area contributed by atoms with Crippen LogP contribution in [0.2, 0.25) is 0 Å². The molecule has 1 saturated heterocycles. The predicted molar refractivity (Wildman–Crippen MR) is 123 cm³/mol. The minimum Gasteiger partial charge on any atom is -0.368 e. The summed E-state index contributed by atoms with van der Waals surface area (Å²) in [6.07, 6.45) is 2.46. The molecule has 1 aliphatic rings. The molecule has 2 amide bonds. The van der Waals surface area contributed by atoms with E-state index in [2.05, 4.69) is 10.3 Å². The lowest BCUT2D eigenvalue weighted by Crippen LogP contribution is -2.45. The van der Waals surface area contributed by atoms with E-state index < -0.39 is 11.8 Å². The fourth-order valence-corrected chi connectivity index (χ4v) is 3.75. The van der Waals surface area contributed by atoms with Crippen LogP contribution in [0.3, 0.4) is 0 Å². The zero-order valence-electron chi connectivity index (χ0n) is 18.7. The van der Waals surface area contributed by atoms with Crippen LogP contribution >= 0.6 is 0 Å². The van der Waals surface area contributed by atoms with Crippen LogP contribution in [-0.4, -0.2) is 57.5 Å². The highest BCUT2D eigenvalue weighted by Crippen LogP contribution is 2.26. The molecular formula is C24H27N5O4. The smallest absolute Gasteiger partial charge is 0.347 e. The standard InChI is InChI=1S/C24H27N5O4/c1-16(2)13-26-23(31)18-12-20(27-19-7-4-3-6-17(18)19)21-14-28(10-11-33-21)22(30)15-29-9-5-8-25-24(29)32/h3-9,12,16,21H,10-11,13-15H2,1-2H3,(H,26,31). The number of nitrogens with zero attached hydrogens (tertiary/aromatic N) is 4. The van der Waals surface area contributed by atoms with Crippen molar-refractivity contribution in [3.63, 3.8) is 0 Å². The van der Waals surface area contributed by atoms with Crippen LogP contribution in [-0.2, 0) is 16.1 Å². The first-order valence-corrected chi connectivity index (χ1v) is 11.0. The maximum atomic E-state index is 12.9. The molecule has 0 spiro atoms. The van der Waals surface area contributed by atoms with Crippen LogP contribution in [0.15, 0.2) is 53.6 Å². The van der Waals surface area contributed by atoms with Crippen molar-refractivity contribution in [3.05, 3.63) is 70.5 Å². The number of morpholine rings is 1. The van der Waals surface area contributed by atoms with E-state index in [-0.39, 0.29) is 24.9 Å². The summed E-state index contributed by atoms with van der Waals surface area (Å²) in [4.78, 5) is 47.7. The molecule has 9 heteroatoms. The van der Waals surface area contributed by atoms with Gasteiger partial charge in [0.25, 0.3) is 5.91 Å². The summed E-state index contributed by atoms with van der Waals surface area (Å²) in [6.45, 7) is 5.59. The van der Waals surface area contributed by atoms with E-state index in [1.807, 2.05) is 38.1 Å². The number of nitrogens with one attached hydrogen (secondary N) is 1. The Labute approximate surface area is 191 Å². The summed E-state index contributed by atoms with van der Waals surface area (Å²) in [5.74, 6) is -0.0348. The lowest BCUT2D eigenvalue weighted by Gasteiger charge is -2.33. The molecule has 1 unspecified atom stereocenters. The monoisotopic (exact) mass is 449 g/mol. The van der Waals surface area contributed by atoms with Gasteiger partial charge in [-0.3, -0.25) is 14.2 Å². The SMILES string of the molecule is CC(C)CNC(=O)c1cc(C2CN(C(=O)Cn3cccnc3=O)CCO2)nc2ccccc12. The molecule has 1 N–H and O–H groups in total. The number of carbonyl (C=O) groups excluding carboxylic acids is 2. The maximum Gasteiger partial charge on any atom is 0.347 e. The molecule has 0 aliphatic carbocycles. The second-order valence-corrected chi connectivity index (χ2v) is 8.45. The molecule has 1 aliphatic heterocycles. The Morgan fingerprint density at radius 2 is 2.06 bits per heavy atom. The molecular weight excluding hydrogens is 422 g/mol. The van der Waals surface area contributed by atoms with Crippen LogP contribution in [0, 0.1) is 5.92 Å². The first kappa shape index (κ1) is 22.6. The number of carbonyl (C=O) groups is 2. The maximum absolute atomic E-state index is 12.9. The minimum absolute atomic E-state index is 0.0899. The van der Waals surface area contributed by atoms with Crippen LogP contribution in [0.5, 0.6) is 0 Å². The number of hydrogen-bond acceptors (Lipinski definition) is 6. The average molecular weight is 450 g/mol. The minimum atomic E-state index is -0.477. The third-order valence-corrected chi connectivity index (χ3v) is 5.49. The second kappa shape index (κ2) is 9.91. The Bertz CT molecular complexity index is 1220. The molecule has 1 fully saturated rings. The van der Waals surface area contributed by atoms with E-state index in [9.17, 15) is 14.4 Å². The lowest BCUT2D eigenvalue weighted by molar-refractivity contribution is -0.139. The van der Waals surface area contributed by atoms with Crippen molar-refractivity contribution in [3.8, 4) is 0 Å². The first-order valence-electron chi connectivity index (χ1n) is 11.0. The Balaban J connectivity index is 1.57. The van der Waals surface area contributed by atoms with E-state index in [4.69, 9.17) is 9.72 Å². The van der Waals surface area contributed by atoms with Gasteiger partial charge >= 0.3 is 5.69 Å². The fourth-order valence-electron chi connectivity index (χ4n) is 3.75. The van der Waals surface area contributed by atoms with Gasteiger partial charge in [0.1, 0.15) is 12.6 Å². The van der Waals surface area contributed by atoms with Gasteiger partial charge in [-0.2, -0.15) is 0 Å². The van der Waals surface area contributed by atoms with Crippen molar-refractivity contribution in [2.75, 3.05) is 26.2 Å². The zero-order valence-corrected chi connectivity index (χ0v) is 18.7. The molecule has 0 saturated carbocycles. The van der Waals surface area contributed by atoms with Crippen LogP contribution < -0.4 is 11.0 Å². The third kappa shape index (κ3) is 5.25. The van der Waals surface area contributed by atoms with E-state index in [1.165, 1.54) is 17.0 Å². The van der Waals surface area contributed by atoms with E-state index in [0.29, 0.717) is 42.4 Å². The Morgan fingerprint density at radius 1 is 1.24 bits per heavy atom. The summed E-state index contributed by atoms with van der Waals surface area (Å²) < 4.78 is 7.21. The number of para-hydroxylation sites is 1. The summed E-state index contributed by atoms with van der Waals surface area (Å²) in [5, 5.41) is 3.74. The fraction of sp³-hybridized carbons (Fsp3) is 0.375. The largest absolute Gasteiger partial charge is 0.368 e. The van der Waals surface area contributed by atoms with Crippen molar-refractivity contribution in [1.82, 2.24) is 24.8 Å². The summed E-state index contributed by atoms with van der Waals surface area (Å²) in [7, 11) is 0. The first-order chi connectivity index (χ1) is 15.9. The summed E-state index contributed by atoms with van der Waals surface area (Å²) in [6, 6.07) is 10.8. The molecule has 1 atom stereocenters. The van der Waals surface area contributed by atoms with Crippen LogP contribution in [0.25, 0.3) is 10.9 Å². The van der Waals surface area contributed by atoms with Crippen molar-refractivity contribution >= 4 is 22.7 Å². The van der Waals surface area contributed by atoms with Gasteiger partial charge in [0.15, 0.2) is 0 Å². The summed E-state index contributed by atoms with van der Waals surface area (Å²) >= 11 is 0. The number of ether oxygens (including phenoxy) is 1. The molecule has 0 radical (unpaired) electrons. The zero-order chi connectivity index (χ0) is 23.4. The highest BCUT2D eigenvalue weighted by atomic mass is 16.5. The van der Waals surface area contributed by atoms with Crippen LogP contribution in [0.4, 0.5) is 0 Å². The molecule has 9 nitrogen and oxygen atoms in total. The molecule has 4 rings (SSSR count). The molecule has 1 aromatic carbocycles. The van der Waals surface area contributed by atoms with Gasteiger partial charge in [-0.15, -0.1) is 0 Å². The highest BCUT2D eigenvalue weighted by Gasteiger charge is 2.28. The predicted octanol–water partition coefficient (Wildman–Crippen LogP) is 1.78. The number of hydrogen-bond donors (Lipinski definition) is 1. The molecule has 33 heavy (non-hydrogen) atoms. The van der Waals surface area contributed by atoms with Gasteiger partial charge in [0.2, 0.25) is 5.91 Å². The number of benzene rings is 1. The average Bonchev–Trinajstić information content (AvgIpc) is 2.83. The van der Waals surface area contributed by atoms with Gasteiger partial charge in [0.05, 0.1) is 29.9 Å². The Kier molecular flexibility index (Phi) is 6.79. The van der Waals surface area contributed by atoms with E-state index >= 15 is 0 Å². The van der Waals surface area contributed by atoms with Gasteiger partial charge in [-0.1, -0.05) is 32.0 Å². The topological polar surface area (TPSA) is 106 Å². The number of pyridine rings is 1. The quantitative estimate of drug-likeness (QED) is 0.615. The van der Waals surface area contributed by atoms with Gasteiger partial charge in [0, 0.05) is 30.9 Å². The van der Waals surface area contributed by atoms with Crippen molar-refractivity contribution < 1.29 is 14.3 Å². The van der Waals surface area contributed by atoms with Gasteiger partial charge < -0.3 is 15.0 Å². The van der Waals surface area contributed by atoms with Crippen molar-refractivity contribution in [2.45, 2.75) is 26.5 Å². The molecule has 2 aromatic heterocycles. The second-order valence-electron chi connectivity index (χ2n) is 8.45. The third-order valence-electron chi connectivity index (χ3n) is 5.49. The van der Waals surface area contributed by atoms with Gasteiger partial charge in [-0.05, 0) is 24.1 Å². The summed E-state index contributed by atoms with van der Waals surface area (Å²) in [5.41, 5.74) is 1.35. The normalized spacial score (nSPS) is 16.2. The number of aromatic nitrogens is 3. The van der Waals surface area contributed by atoms with Crippen molar-refractivity contribution in [1.29, 1.82) is 0 Å². The molecule has 172 valence electrons. The van der Waals surface area contributed by atoms with E-state index in [1.54, 1.807) is 17.0 Å². The Morgan fingerprint density at radius 3 is 2.85 bits per heavy atom. The molecule has 3 heterocycles. The van der Waals surface area contributed by atoms with Gasteiger partial charge in [-0.25, -0.2) is 14.8 Å². The van der Waals surface area contributed by atoms with E-state index in [0.717, 1.165) is 5.39 Å². The highest BCUT2D eigenvalue weighted by molar-refractivity contribution is 6.06. The van der Waals surface area contributed by atoms with Crippen LogP contribution in [0.1, 0.15) is 36.0 Å². The number of amides is 2. The number of rotatable bonds is 6.